The Bertz CT molecular complexity index is 1480. The highest BCUT2D eigenvalue weighted by atomic mass is 16.5. The van der Waals surface area contributed by atoms with Crippen molar-refractivity contribution in [2.75, 3.05) is 10.6 Å². The van der Waals surface area contributed by atoms with Crippen molar-refractivity contribution in [3.05, 3.63) is 46.7 Å². The monoisotopic (exact) mass is 463 g/mol. The molecule has 0 aliphatic heterocycles. The number of fused-ring (bicyclic) bond motifs is 1. The van der Waals surface area contributed by atoms with Crippen molar-refractivity contribution in [2.45, 2.75) is 32.2 Å². The topological polar surface area (TPSA) is 157 Å². The summed E-state index contributed by atoms with van der Waals surface area (Å²) in [4.78, 5) is 46.1. The fourth-order valence-electron chi connectivity index (χ4n) is 3.96. The molecular weight excluding hydrogens is 442 g/mol. The molecule has 3 N–H and O–H groups in total. The van der Waals surface area contributed by atoms with Gasteiger partial charge in [-0.2, -0.15) is 0 Å². The Morgan fingerprint density at radius 3 is 2.59 bits per heavy atom. The highest BCUT2D eigenvalue weighted by molar-refractivity contribution is 6.04. The van der Waals surface area contributed by atoms with Gasteiger partial charge in [0.25, 0.3) is 11.5 Å². The van der Waals surface area contributed by atoms with Crippen LogP contribution in [0.5, 0.6) is 5.75 Å². The number of benzene rings is 1. The quantitative estimate of drug-likeness (QED) is 0.407. The zero-order chi connectivity index (χ0) is 24.0. The average Bonchev–Trinajstić information content (AvgIpc) is 3.39. The number of carbonyl (C=O) groups excluding carboxylic acids is 2. The molecule has 0 bridgehead atoms. The van der Waals surface area contributed by atoms with E-state index in [9.17, 15) is 19.5 Å². The second kappa shape index (κ2) is 8.14. The van der Waals surface area contributed by atoms with E-state index < -0.39 is 22.9 Å². The Hall–Kier alpha value is -4.48. The predicted molar refractivity (Wildman–Crippen MR) is 122 cm³/mol. The molecule has 2 amide bonds. The first-order valence-electron chi connectivity index (χ1n) is 10.6. The molecule has 0 atom stereocenters. The van der Waals surface area contributed by atoms with Crippen LogP contribution < -0.4 is 16.2 Å². The molecule has 3 aromatic heterocycles. The Labute approximate surface area is 192 Å². The third kappa shape index (κ3) is 3.58. The van der Waals surface area contributed by atoms with E-state index >= 15 is 0 Å². The van der Waals surface area contributed by atoms with Crippen LogP contribution in [-0.4, -0.2) is 41.2 Å². The number of carbonyl (C=O) groups is 2. The van der Waals surface area contributed by atoms with Crippen molar-refractivity contribution >= 4 is 34.2 Å². The van der Waals surface area contributed by atoms with Gasteiger partial charge >= 0.3 is 0 Å². The lowest BCUT2D eigenvalue weighted by molar-refractivity contribution is -0.114. The molecule has 12 nitrogen and oxygen atoms in total. The molecule has 12 heteroatoms. The van der Waals surface area contributed by atoms with E-state index in [1.165, 1.54) is 26.4 Å². The molecule has 0 unspecified atom stereocenters. The lowest BCUT2D eigenvalue weighted by Gasteiger charge is -2.29. The van der Waals surface area contributed by atoms with Gasteiger partial charge in [-0.05, 0) is 37.5 Å². The van der Waals surface area contributed by atoms with Crippen LogP contribution in [0, 0.1) is 0 Å². The van der Waals surface area contributed by atoms with E-state index in [1.807, 2.05) is 10.6 Å². The first-order chi connectivity index (χ1) is 16.3. The highest BCUT2D eigenvalue weighted by Crippen LogP contribution is 2.38. The summed E-state index contributed by atoms with van der Waals surface area (Å²) >= 11 is 0. The second-order valence-electron chi connectivity index (χ2n) is 8.14. The van der Waals surface area contributed by atoms with Gasteiger partial charge in [-0.1, -0.05) is 5.16 Å². The number of imidazole rings is 1. The van der Waals surface area contributed by atoms with Crippen molar-refractivity contribution in [3.63, 3.8) is 0 Å². The molecule has 34 heavy (non-hydrogen) atoms. The molecule has 1 aromatic carbocycles. The number of amides is 2. The van der Waals surface area contributed by atoms with Crippen molar-refractivity contribution in [3.8, 4) is 17.4 Å². The number of aromatic hydroxyl groups is 1. The maximum absolute atomic E-state index is 12.8. The molecular formula is C22H21N7O5. The SMILES string of the molecule is CC(=O)Nc1ccc2c(c1)nc(-c1nc(C(=O)Nc3cnoc3)c(O)c(=O)n1C)n2C1CCC1. The molecule has 0 spiro atoms. The number of nitrogens with zero attached hydrogens (tertiary/aromatic N) is 5. The van der Waals surface area contributed by atoms with Gasteiger partial charge in [-0.3, -0.25) is 19.0 Å². The fraction of sp³-hybridized carbons (Fsp3) is 0.273. The number of hydrogen-bond acceptors (Lipinski definition) is 8. The Balaban J connectivity index is 1.67. The van der Waals surface area contributed by atoms with Crippen LogP contribution >= 0.6 is 0 Å². The number of nitrogens with one attached hydrogen (secondary N) is 2. The van der Waals surface area contributed by atoms with Crippen LogP contribution in [0.3, 0.4) is 0 Å². The zero-order valence-corrected chi connectivity index (χ0v) is 18.4. The van der Waals surface area contributed by atoms with Crippen LogP contribution in [0.1, 0.15) is 42.7 Å². The van der Waals surface area contributed by atoms with Crippen LogP contribution in [0.2, 0.25) is 0 Å². The first-order valence-corrected chi connectivity index (χ1v) is 10.6. The minimum absolute atomic E-state index is 0.127. The van der Waals surface area contributed by atoms with Crippen molar-refractivity contribution < 1.29 is 19.2 Å². The number of hydrogen-bond donors (Lipinski definition) is 3. The van der Waals surface area contributed by atoms with Gasteiger partial charge in [0.1, 0.15) is 12.0 Å². The molecule has 1 saturated carbocycles. The highest BCUT2D eigenvalue weighted by Gasteiger charge is 2.29. The van der Waals surface area contributed by atoms with Gasteiger partial charge in [0, 0.05) is 25.7 Å². The predicted octanol–water partition coefficient (Wildman–Crippen LogP) is 2.43. The standard InChI is InChI=1S/C22H21N7O5/c1-11(30)24-12-6-7-16-15(8-12)26-20(29(16)14-4-3-5-14)19-27-17(18(31)22(33)28(19)2)21(32)25-13-9-23-34-10-13/h6-10,14,31H,3-5H2,1-2H3,(H,24,30)(H,25,32). The van der Waals surface area contributed by atoms with Gasteiger partial charge in [0.2, 0.25) is 11.7 Å². The summed E-state index contributed by atoms with van der Waals surface area (Å²) in [5.74, 6) is -1.26. The van der Waals surface area contributed by atoms with Crippen LogP contribution in [0.15, 0.2) is 40.0 Å². The summed E-state index contributed by atoms with van der Waals surface area (Å²) in [6.07, 6.45) is 5.40. The van der Waals surface area contributed by atoms with Crippen molar-refractivity contribution in [1.82, 2.24) is 24.3 Å². The van der Waals surface area contributed by atoms with Crippen molar-refractivity contribution in [1.29, 1.82) is 0 Å². The van der Waals surface area contributed by atoms with E-state index in [1.54, 1.807) is 12.1 Å². The summed E-state index contributed by atoms with van der Waals surface area (Å²) in [5, 5.41) is 19.1. The van der Waals surface area contributed by atoms with Gasteiger partial charge in [0.05, 0.1) is 17.2 Å². The fourth-order valence-corrected chi connectivity index (χ4v) is 3.96. The van der Waals surface area contributed by atoms with Crippen LogP contribution in [0.4, 0.5) is 11.4 Å². The maximum Gasteiger partial charge on any atom is 0.296 e. The zero-order valence-electron chi connectivity index (χ0n) is 18.4. The van der Waals surface area contributed by atoms with Crippen LogP contribution in [0.25, 0.3) is 22.7 Å². The molecule has 5 rings (SSSR count). The maximum atomic E-state index is 12.8. The smallest absolute Gasteiger partial charge is 0.296 e. The second-order valence-corrected chi connectivity index (χ2v) is 8.14. The minimum atomic E-state index is -0.793. The summed E-state index contributed by atoms with van der Waals surface area (Å²) < 4.78 is 7.85. The number of anilines is 2. The van der Waals surface area contributed by atoms with Crippen molar-refractivity contribution in [2.24, 2.45) is 7.05 Å². The Morgan fingerprint density at radius 2 is 1.94 bits per heavy atom. The first kappa shape index (κ1) is 21.4. The van der Waals surface area contributed by atoms with Gasteiger partial charge in [-0.15, -0.1) is 0 Å². The normalized spacial score (nSPS) is 13.6. The molecule has 3 heterocycles. The van der Waals surface area contributed by atoms with E-state index in [0.717, 1.165) is 29.3 Å². The molecule has 4 aromatic rings. The lowest BCUT2D eigenvalue weighted by atomic mass is 9.92. The lowest BCUT2D eigenvalue weighted by Crippen LogP contribution is -2.27. The average molecular weight is 463 g/mol. The van der Waals surface area contributed by atoms with E-state index in [4.69, 9.17) is 9.51 Å². The summed E-state index contributed by atoms with van der Waals surface area (Å²) in [5.41, 5.74) is 1.03. The third-order valence-electron chi connectivity index (χ3n) is 5.82. The van der Waals surface area contributed by atoms with Gasteiger partial charge in [0.15, 0.2) is 17.3 Å². The van der Waals surface area contributed by atoms with Gasteiger partial charge in [-0.25, -0.2) is 9.97 Å². The molecule has 0 saturated heterocycles. The largest absolute Gasteiger partial charge is 0.501 e. The Kier molecular flexibility index (Phi) is 5.11. The molecule has 174 valence electrons. The molecule has 1 aliphatic carbocycles. The molecule has 1 aliphatic rings. The van der Waals surface area contributed by atoms with E-state index in [0.29, 0.717) is 17.0 Å². The van der Waals surface area contributed by atoms with E-state index in [2.05, 4.69) is 20.8 Å². The molecule has 1 fully saturated rings. The minimum Gasteiger partial charge on any atom is -0.501 e. The molecule has 0 radical (unpaired) electrons. The number of aromatic nitrogens is 5. The van der Waals surface area contributed by atoms with E-state index in [-0.39, 0.29) is 23.5 Å². The summed E-state index contributed by atoms with van der Waals surface area (Å²) in [6, 6.07) is 5.53. The summed E-state index contributed by atoms with van der Waals surface area (Å²) in [7, 11) is 1.46. The summed E-state index contributed by atoms with van der Waals surface area (Å²) in [6.45, 7) is 1.42. The Morgan fingerprint density at radius 1 is 1.15 bits per heavy atom. The number of rotatable bonds is 5. The van der Waals surface area contributed by atoms with Crippen LogP contribution in [-0.2, 0) is 11.8 Å². The van der Waals surface area contributed by atoms with Gasteiger partial charge < -0.3 is 24.8 Å². The third-order valence-corrected chi connectivity index (χ3v) is 5.82.